The molecule has 2 N–H and O–H groups in total. The Morgan fingerprint density at radius 1 is 1.32 bits per heavy atom. The summed E-state index contributed by atoms with van der Waals surface area (Å²) in [6.45, 7) is 3.82. The number of carbonyl (C=O) groups is 2. The molecule has 1 unspecified atom stereocenters. The van der Waals surface area contributed by atoms with E-state index in [1.54, 1.807) is 0 Å². The lowest BCUT2D eigenvalue weighted by Gasteiger charge is -2.14. The summed E-state index contributed by atoms with van der Waals surface area (Å²) in [5.41, 5.74) is 2.72. The van der Waals surface area contributed by atoms with Crippen molar-refractivity contribution in [3.63, 3.8) is 0 Å². The predicted molar refractivity (Wildman–Crippen MR) is 83.9 cm³/mol. The Kier molecular flexibility index (Phi) is 5.39. The summed E-state index contributed by atoms with van der Waals surface area (Å²) in [6.07, 6.45) is 4.44. The third-order valence-electron chi connectivity index (χ3n) is 3.86. The molecule has 6 nitrogen and oxygen atoms in total. The number of aliphatic carboxylic acids is 1. The van der Waals surface area contributed by atoms with Crippen molar-refractivity contribution in [1.82, 2.24) is 15.3 Å². The number of nitrogens with zero attached hydrogens (tertiary/aromatic N) is 2. The van der Waals surface area contributed by atoms with Crippen LogP contribution < -0.4 is 5.32 Å². The monoisotopic (exact) mass is 323 g/mol. The van der Waals surface area contributed by atoms with Crippen LogP contribution in [0.3, 0.4) is 0 Å². The number of hydrogen-bond acceptors (Lipinski definition) is 5. The number of aryl methyl sites for hydroxylation is 2. The van der Waals surface area contributed by atoms with Gasteiger partial charge in [0, 0.05) is 17.8 Å². The molecule has 1 heterocycles. The zero-order valence-corrected chi connectivity index (χ0v) is 13.9. The number of thioether (sulfide) groups is 1. The molecular formula is C15H21N3O3S. The first-order valence-electron chi connectivity index (χ1n) is 7.32. The van der Waals surface area contributed by atoms with Crippen LogP contribution in [0, 0.1) is 19.8 Å². The molecule has 1 aliphatic carbocycles. The van der Waals surface area contributed by atoms with Crippen LogP contribution in [0.15, 0.2) is 5.16 Å². The highest BCUT2D eigenvalue weighted by atomic mass is 32.2. The van der Waals surface area contributed by atoms with Crippen molar-refractivity contribution in [2.45, 2.75) is 50.7 Å². The fraction of sp³-hybridized carbons (Fsp3) is 0.600. The van der Waals surface area contributed by atoms with Crippen molar-refractivity contribution in [1.29, 1.82) is 0 Å². The van der Waals surface area contributed by atoms with E-state index in [9.17, 15) is 9.59 Å². The molecule has 0 saturated heterocycles. The first kappa shape index (κ1) is 16.7. The zero-order valence-electron chi connectivity index (χ0n) is 13.0. The molecule has 22 heavy (non-hydrogen) atoms. The molecule has 1 saturated carbocycles. The summed E-state index contributed by atoms with van der Waals surface area (Å²) in [7, 11) is 0. The second-order valence-corrected chi connectivity index (χ2v) is 6.35. The van der Waals surface area contributed by atoms with Gasteiger partial charge in [-0.05, 0) is 50.8 Å². The molecule has 0 spiro atoms. The molecule has 1 aliphatic rings. The van der Waals surface area contributed by atoms with E-state index in [1.807, 2.05) is 20.1 Å². The highest BCUT2D eigenvalue weighted by molar-refractivity contribution is 7.98. The third-order valence-corrected chi connectivity index (χ3v) is 4.41. The molecule has 0 radical (unpaired) electrons. The Morgan fingerprint density at radius 3 is 2.36 bits per heavy atom. The summed E-state index contributed by atoms with van der Waals surface area (Å²) in [6, 6.07) is -0.746. The number of aromatic nitrogens is 2. The quantitative estimate of drug-likeness (QED) is 0.586. The van der Waals surface area contributed by atoms with Gasteiger partial charge in [0.15, 0.2) is 5.16 Å². The molecule has 7 heteroatoms. The number of rotatable bonds is 7. The smallest absolute Gasteiger partial charge is 0.326 e. The topological polar surface area (TPSA) is 92.2 Å². The highest BCUT2D eigenvalue weighted by Gasteiger charge is 2.37. The fourth-order valence-corrected chi connectivity index (χ4v) is 2.91. The predicted octanol–water partition coefficient (Wildman–Crippen LogP) is 1.73. The molecule has 1 atom stereocenters. The molecule has 1 aromatic rings. The van der Waals surface area contributed by atoms with Gasteiger partial charge in [-0.15, -0.1) is 0 Å². The van der Waals surface area contributed by atoms with E-state index in [4.69, 9.17) is 5.11 Å². The molecule has 0 aliphatic heterocycles. The van der Waals surface area contributed by atoms with Crippen molar-refractivity contribution in [3.05, 3.63) is 17.0 Å². The Balaban J connectivity index is 1.95. The fourth-order valence-electron chi connectivity index (χ4n) is 2.46. The van der Waals surface area contributed by atoms with E-state index in [2.05, 4.69) is 15.3 Å². The molecule has 0 bridgehead atoms. The SMILES string of the molecule is CSc1nc(C)c(CCC(=O)NC(C(=O)O)C2CC2)c(C)n1. The van der Waals surface area contributed by atoms with Crippen LogP contribution in [-0.2, 0) is 16.0 Å². The van der Waals surface area contributed by atoms with Crippen LogP contribution in [0.2, 0.25) is 0 Å². The minimum absolute atomic E-state index is 0.0918. The van der Waals surface area contributed by atoms with E-state index < -0.39 is 12.0 Å². The van der Waals surface area contributed by atoms with E-state index in [0.29, 0.717) is 6.42 Å². The van der Waals surface area contributed by atoms with Gasteiger partial charge in [-0.3, -0.25) is 4.79 Å². The molecule has 1 fully saturated rings. The maximum Gasteiger partial charge on any atom is 0.326 e. The summed E-state index contributed by atoms with van der Waals surface area (Å²) in [4.78, 5) is 31.9. The summed E-state index contributed by atoms with van der Waals surface area (Å²) >= 11 is 1.49. The van der Waals surface area contributed by atoms with Crippen LogP contribution in [0.5, 0.6) is 0 Å². The molecule has 0 aromatic carbocycles. The Bertz CT molecular complexity index is 564. The zero-order chi connectivity index (χ0) is 16.3. The van der Waals surface area contributed by atoms with Gasteiger partial charge >= 0.3 is 5.97 Å². The molecule has 1 amide bonds. The van der Waals surface area contributed by atoms with Crippen LogP contribution >= 0.6 is 11.8 Å². The lowest BCUT2D eigenvalue weighted by molar-refractivity contribution is -0.142. The summed E-state index contributed by atoms with van der Waals surface area (Å²) in [5, 5.41) is 12.5. The van der Waals surface area contributed by atoms with Crippen LogP contribution in [-0.4, -0.2) is 39.2 Å². The Hall–Kier alpha value is -1.63. The van der Waals surface area contributed by atoms with Gasteiger partial charge in [0.1, 0.15) is 6.04 Å². The van der Waals surface area contributed by atoms with E-state index in [-0.39, 0.29) is 18.2 Å². The number of nitrogens with one attached hydrogen (secondary N) is 1. The van der Waals surface area contributed by atoms with Crippen molar-refractivity contribution in [2.75, 3.05) is 6.26 Å². The first-order chi connectivity index (χ1) is 10.4. The van der Waals surface area contributed by atoms with Gasteiger partial charge in [0.2, 0.25) is 5.91 Å². The molecule has 1 aromatic heterocycles. The van der Waals surface area contributed by atoms with Gasteiger partial charge in [-0.2, -0.15) is 0 Å². The first-order valence-corrected chi connectivity index (χ1v) is 8.55. The van der Waals surface area contributed by atoms with Gasteiger partial charge in [0.05, 0.1) is 0 Å². The molecule has 2 rings (SSSR count). The minimum Gasteiger partial charge on any atom is -0.480 e. The average molecular weight is 323 g/mol. The maximum absolute atomic E-state index is 12.0. The lowest BCUT2D eigenvalue weighted by Crippen LogP contribution is -2.42. The average Bonchev–Trinajstić information content (AvgIpc) is 3.27. The second kappa shape index (κ2) is 7.09. The largest absolute Gasteiger partial charge is 0.480 e. The third kappa shape index (κ3) is 4.19. The van der Waals surface area contributed by atoms with Gasteiger partial charge in [-0.25, -0.2) is 14.8 Å². The van der Waals surface area contributed by atoms with Gasteiger partial charge in [0.25, 0.3) is 0 Å². The number of carboxylic acids is 1. The van der Waals surface area contributed by atoms with E-state index >= 15 is 0 Å². The van der Waals surface area contributed by atoms with Crippen molar-refractivity contribution in [3.8, 4) is 0 Å². The summed E-state index contributed by atoms with van der Waals surface area (Å²) < 4.78 is 0. The van der Waals surface area contributed by atoms with Gasteiger partial charge < -0.3 is 10.4 Å². The normalized spacial score (nSPS) is 15.4. The molecule has 120 valence electrons. The van der Waals surface area contributed by atoms with E-state index in [0.717, 1.165) is 34.9 Å². The molecular weight excluding hydrogens is 302 g/mol. The standard InChI is InChI=1S/C15H21N3O3S/c1-8-11(9(2)17-15(16-8)22-3)6-7-12(19)18-13(14(20)21)10-4-5-10/h10,13H,4-7H2,1-3H3,(H,18,19)(H,20,21). The lowest BCUT2D eigenvalue weighted by atomic mass is 10.1. The van der Waals surface area contributed by atoms with E-state index in [1.165, 1.54) is 11.8 Å². The number of carbonyl (C=O) groups excluding carboxylic acids is 1. The summed E-state index contributed by atoms with van der Waals surface area (Å²) in [5.74, 6) is -1.09. The highest BCUT2D eigenvalue weighted by Crippen LogP contribution is 2.32. The minimum atomic E-state index is -0.948. The van der Waals surface area contributed by atoms with Crippen LogP contribution in [0.4, 0.5) is 0 Å². The van der Waals surface area contributed by atoms with Crippen molar-refractivity contribution >= 4 is 23.6 Å². The van der Waals surface area contributed by atoms with Gasteiger partial charge in [-0.1, -0.05) is 11.8 Å². The van der Waals surface area contributed by atoms with Crippen molar-refractivity contribution in [2.24, 2.45) is 5.92 Å². The number of hydrogen-bond donors (Lipinski definition) is 2. The number of amides is 1. The van der Waals surface area contributed by atoms with Crippen LogP contribution in [0.25, 0.3) is 0 Å². The Labute approximate surface area is 134 Å². The maximum atomic E-state index is 12.0. The number of carboxylic acid groups (broad SMARTS) is 1. The van der Waals surface area contributed by atoms with Crippen LogP contribution in [0.1, 0.15) is 36.2 Å². The Morgan fingerprint density at radius 2 is 1.91 bits per heavy atom. The van der Waals surface area contributed by atoms with Crippen molar-refractivity contribution < 1.29 is 14.7 Å². The second-order valence-electron chi connectivity index (χ2n) is 5.58.